The predicted molar refractivity (Wildman–Crippen MR) is 71.6 cm³/mol. The van der Waals surface area contributed by atoms with Crippen molar-refractivity contribution in [1.29, 1.82) is 0 Å². The second-order valence-electron chi connectivity index (χ2n) is 4.60. The normalized spacial score (nSPS) is 19.7. The third-order valence-corrected chi connectivity index (χ3v) is 3.28. The van der Waals surface area contributed by atoms with Crippen molar-refractivity contribution in [1.82, 2.24) is 9.97 Å². The topological polar surface area (TPSA) is 41.0 Å². The third kappa shape index (κ3) is 2.68. The maximum atomic E-state index is 4.64. The molecule has 1 aliphatic rings. The van der Waals surface area contributed by atoms with Gasteiger partial charge >= 0.3 is 0 Å². The van der Waals surface area contributed by atoms with Crippen molar-refractivity contribution < 1.29 is 0 Å². The summed E-state index contributed by atoms with van der Waals surface area (Å²) in [6.07, 6.45) is 3.42. The second-order valence-corrected chi connectivity index (χ2v) is 4.60. The molecule has 0 aliphatic carbocycles. The zero-order chi connectivity index (χ0) is 12.3. The molecule has 0 spiro atoms. The van der Waals surface area contributed by atoms with E-state index in [9.17, 15) is 0 Å². The lowest BCUT2D eigenvalue weighted by Crippen LogP contribution is -2.27. The van der Waals surface area contributed by atoms with E-state index in [0.29, 0.717) is 6.04 Å². The summed E-state index contributed by atoms with van der Waals surface area (Å²) >= 11 is 0. The summed E-state index contributed by atoms with van der Waals surface area (Å²) in [4.78, 5) is 11.5. The van der Waals surface area contributed by atoms with Gasteiger partial charge in [-0.2, -0.15) is 0 Å². The number of hydrogen-bond donors (Lipinski definition) is 1. The van der Waals surface area contributed by atoms with Gasteiger partial charge in [-0.1, -0.05) is 6.92 Å². The van der Waals surface area contributed by atoms with Crippen LogP contribution in [-0.2, 0) is 6.42 Å². The molecule has 4 heteroatoms. The van der Waals surface area contributed by atoms with Crippen LogP contribution in [0.2, 0.25) is 0 Å². The Labute approximate surface area is 103 Å². The quantitative estimate of drug-likeness (QED) is 0.869. The van der Waals surface area contributed by atoms with Crippen LogP contribution < -0.4 is 10.2 Å². The molecular formula is C13H22N4. The summed E-state index contributed by atoms with van der Waals surface area (Å²) in [6, 6.07) is 2.67. The highest BCUT2D eigenvalue weighted by Gasteiger charge is 2.22. The van der Waals surface area contributed by atoms with Gasteiger partial charge in [-0.05, 0) is 26.7 Å². The first-order chi connectivity index (χ1) is 8.24. The highest BCUT2D eigenvalue weighted by molar-refractivity contribution is 5.50. The average Bonchev–Trinajstić information content (AvgIpc) is 2.75. The Morgan fingerprint density at radius 1 is 1.41 bits per heavy atom. The van der Waals surface area contributed by atoms with Crippen molar-refractivity contribution in [3.63, 3.8) is 0 Å². The smallest absolute Gasteiger partial charge is 0.134 e. The number of aryl methyl sites for hydroxylation is 1. The molecule has 0 amide bonds. The van der Waals surface area contributed by atoms with Crippen molar-refractivity contribution in [2.75, 3.05) is 23.3 Å². The Morgan fingerprint density at radius 3 is 2.82 bits per heavy atom. The first-order valence-corrected chi connectivity index (χ1v) is 6.63. The van der Waals surface area contributed by atoms with E-state index in [1.165, 1.54) is 12.8 Å². The van der Waals surface area contributed by atoms with Gasteiger partial charge in [0.05, 0.1) is 0 Å². The van der Waals surface area contributed by atoms with Gasteiger partial charge in [-0.25, -0.2) is 9.97 Å². The Kier molecular flexibility index (Phi) is 3.82. The van der Waals surface area contributed by atoms with Gasteiger partial charge in [0.15, 0.2) is 0 Å². The number of nitrogens with one attached hydrogen (secondary N) is 1. The van der Waals surface area contributed by atoms with E-state index in [4.69, 9.17) is 0 Å². The molecule has 0 saturated carbocycles. The lowest BCUT2D eigenvalue weighted by molar-refractivity contribution is 0.722. The van der Waals surface area contributed by atoms with Crippen LogP contribution in [0.1, 0.15) is 39.4 Å². The maximum Gasteiger partial charge on any atom is 0.134 e. The van der Waals surface area contributed by atoms with Gasteiger partial charge in [-0.15, -0.1) is 0 Å². The van der Waals surface area contributed by atoms with Crippen molar-refractivity contribution in [3.05, 3.63) is 11.9 Å². The highest BCUT2D eigenvalue weighted by atomic mass is 15.2. The van der Waals surface area contributed by atoms with Crippen LogP contribution in [0, 0.1) is 0 Å². The summed E-state index contributed by atoms with van der Waals surface area (Å²) in [5.74, 6) is 2.96. The largest absolute Gasteiger partial charge is 0.370 e. The van der Waals surface area contributed by atoms with E-state index in [1.807, 2.05) is 0 Å². The van der Waals surface area contributed by atoms with Crippen LogP contribution in [0.4, 0.5) is 11.6 Å². The molecule has 2 rings (SSSR count). The molecule has 1 N–H and O–H groups in total. The van der Waals surface area contributed by atoms with Crippen LogP contribution in [0.15, 0.2) is 6.07 Å². The number of rotatable bonds is 4. The number of anilines is 2. The molecule has 2 heterocycles. The zero-order valence-corrected chi connectivity index (χ0v) is 11.0. The van der Waals surface area contributed by atoms with Crippen molar-refractivity contribution >= 4 is 11.6 Å². The molecule has 0 aromatic carbocycles. The third-order valence-electron chi connectivity index (χ3n) is 3.28. The van der Waals surface area contributed by atoms with E-state index in [1.54, 1.807) is 0 Å². The fourth-order valence-electron chi connectivity index (χ4n) is 2.33. The highest BCUT2D eigenvalue weighted by Crippen LogP contribution is 2.25. The lowest BCUT2D eigenvalue weighted by atomic mass is 10.2. The van der Waals surface area contributed by atoms with Gasteiger partial charge in [0.2, 0.25) is 0 Å². The SMILES string of the molecule is CCNc1cc(N2CCCC2C)nc(CC)n1. The first kappa shape index (κ1) is 12.1. The van der Waals surface area contributed by atoms with E-state index in [-0.39, 0.29) is 0 Å². The number of hydrogen-bond acceptors (Lipinski definition) is 4. The lowest BCUT2D eigenvalue weighted by Gasteiger charge is -2.23. The van der Waals surface area contributed by atoms with Crippen LogP contribution in [-0.4, -0.2) is 29.1 Å². The Balaban J connectivity index is 2.28. The molecule has 1 saturated heterocycles. The average molecular weight is 234 g/mol. The molecule has 17 heavy (non-hydrogen) atoms. The molecular weight excluding hydrogens is 212 g/mol. The summed E-state index contributed by atoms with van der Waals surface area (Å²) in [5.41, 5.74) is 0. The van der Waals surface area contributed by atoms with E-state index >= 15 is 0 Å². The molecule has 0 bridgehead atoms. The zero-order valence-electron chi connectivity index (χ0n) is 11.0. The maximum absolute atomic E-state index is 4.64. The molecule has 1 aromatic rings. The summed E-state index contributed by atoms with van der Waals surface area (Å²) in [7, 11) is 0. The van der Waals surface area contributed by atoms with Gasteiger partial charge in [0, 0.05) is 31.6 Å². The number of nitrogens with zero attached hydrogens (tertiary/aromatic N) is 3. The van der Waals surface area contributed by atoms with Crippen LogP contribution in [0.3, 0.4) is 0 Å². The predicted octanol–water partition coefficient (Wildman–Crippen LogP) is 2.46. The monoisotopic (exact) mass is 234 g/mol. The first-order valence-electron chi connectivity index (χ1n) is 6.63. The van der Waals surface area contributed by atoms with Gasteiger partial charge in [0.25, 0.3) is 0 Å². The minimum atomic E-state index is 0.601. The minimum absolute atomic E-state index is 0.601. The van der Waals surface area contributed by atoms with E-state index in [0.717, 1.165) is 37.0 Å². The Morgan fingerprint density at radius 2 is 2.24 bits per heavy atom. The standard InChI is InChI=1S/C13H22N4/c1-4-11-15-12(14-5-2)9-13(16-11)17-8-6-7-10(17)3/h9-10H,4-8H2,1-3H3,(H,14,15,16). The van der Waals surface area contributed by atoms with Gasteiger partial charge in [0.1, 0.15) is 17.5 Å². The molecule has 0 radical (unpaired) electrons. The Hall–Kier alpha value is -1.32. The Bertz CT molecular complexity index is 378. The van der Waals surface area contributed by atoms with Crippen molar-refractivity contribution in [2.45, 2.75) is 46.1 Å². The molecule has 1 fully saturated rings. The van der Waals surface area contributed by atoms with Crippen LogP contribution >= 0.6 is 0 Å². The van der Waals surface area contributed by atoms with Crippen LogP contribution in [0.5, 0.6) is 0 Å². The molecule has 4 nitrogen and oxygen atoms in total. The fraction of sp³-hybridized carbons (Fsp3) is 0.692. The number of aromatic nitrogens is 2. The molecule has 1 aliphatic heterocycles. The van der Waals surface area contributed by atoms with Gasteiger partial charge in [-0.3, -0.25) is 0 Å². The molecule has 1 unspecified atom stereocenters. The molecule has 1 atom stereocenters. The second kappa shape index (κ2) is 5.34. The summed E-state index contributed by atoms with van der Waals surface area (Å²) in [5, 5.41) is 3.28. The van der Waals surface area contributed by atoms with Crippen LogP contribution in [0.25, 0.3) is 0 Å². The van der Waals surface area contributed by atoms with E-state index in [2.05, 4.69) is 47.0 Å². The minimum Gasteiger partial charge on any atom is -0.370 e. The molecule has 94 valence electrons. The summed E-state index contributed by atoms with van der Waals surface area (Å²) < 4.78 is 0. The van der Waals surface area contributed by atoms with Gasteiger partial charge < -0.3 is 10.2 Å². The summed E-state index contributed by atoms with van der Waals surface area (Å²) in [6.45, 7) is 8.48. The molecule has 1 aromatic heterocycles. The van der Waals surface area contributed by atoms with Crippen molar-refractivity contribution in [2.24, 2.45) is 0 Å². The van der Waals surface area contributed by atoms with Crippen molar-refractivity contribution in [3.8, 4) is 0 Å². The van der Waals surface area contributed by atoms with E-state index < -0.39 is 0 Å². The fourth-order valence-corrected chi connectivity index (χ4v) is 2.33.